The first-order valence-corrected chi connectivity index (χ1v) is 9.45. The molecule has 0 radical (unpaired) electrons. The van der Waals surface area contributed by atoms with Gasteiger partial charge in [-0.25, -0.2) is 0 Å². The lowest BCUT2D eigenvalue weighted by atomic mass is 9.96. The molecule has 1 aliphatic heterocycles. The van der Waals surface area contributed by atoms with Gasteiger partial charge in [-0.3, -0.25) is 9.69 Å². The average molecular weight is 353 g/mol. The normalized spacial score (nSPS) is 17.8. The van der Waals surface area contributed by atoms with E-state index in [1.807, 2.05) is 38.2 Å². The molecule has 5 heteroatoms. The van der Waals surface area contributed by atoms with E-state index in [9.17, 15) is 9.90 Å². The number of nitrogens with zero attached hydrogens (tertiary/aromatic N) is 1. The fraction of sp³-hybridized carbons (Fsp3) is 0.476. The molecule has 1 amide bonds. The number of amides is 1. The van der Waals surface area contributed by atoms with E-state index < -0.39 is 5.60 Å². The monoisotopic (exact) mass is 353 g/mol. The van der Waals surface area contributed by atoms with E-state index in [1.165, 1.54) is 24.0 Å². The van der Waals surface area contributed by atoms with Gasteiger partial charge in [0.1, 0.15) is 0 Å². The lowest BCUT2D eigenvalue weighted by molar-refractivity contribution is 0.0318. The Morgan fingerprint density at radius 2 is 2.15 bits per heavy atom. The number of nitrogens with one attached hydrogen (secondary N) is 2. The van der Waals surface area contributed by atoms with Crippen LogP contribution >= 0.6 is 0 Å². The molecule has 3 N–H and O–H groups in total. The zero-order valence-corrected chi connectivity index (χ0v) is 15.5. The Hall–Kier alpha value is -2.11. The highest BCUT2D eigenvalue weighted by Gasteiger charge is 2.29. The van der Waals surface area contributed by atoms with Crippen molar-refractivity contribution in [3.05, 3.63) is 52.8 Å². The third kappa shape index (κ3) is 3.69. The molecule has 1 aliphatic carbocycles. The van der Waals surface area contributed by atoms with Crippen LogP contribution in [0.4, 0.5) is 5.69 Å². The largest absolute Gasteiger partial charge is 0.389 e. The van der Waals surface area contributed by atoms with E-state index in [2.05, 4.69) is 21.3 Å². The number of hydrogen-bond donors (Lipinski definition) is 3. The van der Waals surface area contributed by atoms with Gasteiger partial charge in [-0.1, -0.05) is 12.1 Å². The minimum absolute atomic E-state index is 0.0273. The minimum atomic E-state index is -0.698. The minimum Gasteiger partial charge on any atom is -0.389 e. The Morgan fingerprint density at radius 1 is 1.35 bits per heavy atom. The Balaban J connectivity index is 1.51. The molecule has 1 saturated carbocycles. The van der Waals surface area contributed by atoms with Gasteiger partial charge in [-0.15, -0.1) is 0 Å². The highest BCUT2D eigenvalue weighted by Crippen LogP contribution is 2.41. The summed E-state index contributed by atoms with van der Waals surface area (Å²) in [4.78, 5) is 18.3. The quantitative estimate of drug-likeness (QED) is 0.773. The molecule has 2 heterocycles. The molecule has 1 aromatic heterocycles. The number of aromatic nitrogens is 1. The van der Waals surface area contributed by atoms with Gasteiger partial charge in [0.05, 0.1) is 11.2 Å². The van der Waals surface area contributed by atoms with Crippen LogP contribution in [0.1, 0.15) is 59.8 Å². The van der Waals surface area contributed by atoms with E-state index >= 15 is 0 Å². The van der Waals surface area contributed by atoms with Gasteiger partial charge in [0, 0.05) is 37.2 Å². The van der Waals surface area contributed by atoms with E-state index in [0.29, 0.717) is 12.5 Å². The molecule has 2 aromatic rings. The van der Waals surface area contributed by atoms with Crippen LogP contribution in [0.2, 0.25) is 0 Å². The van der Waals surface area contributed by atoms with Crippen LogP contribution in [-0.2, 0) is 13.0 Å². The zero-order valence-electron chi connectivity index (χ0n) is 15.5. The molecule has 1 fully saturated rings. The summed E-state index contributed by atoms with van der Waals surface area (Å²) >= 11 is 0. The number of benzene rings is 1. The molecule has 0 bridgehead atoms. The number of aromatic amines is 1. The first-order chi connectivity index (χ1) is 12.4. The molecule has 4 rings (SSSR count). The summed E-state index contributed by atoms with van der Waals surface area (Å²) in [5.74, 6) is 0.492. The van der Waals surface area contributed by atoms with Crippen molar-refractivity contribution in [2.75, 3.05) is 18.4 Å². The van der Waals surface area contributed by atoms with E-state index in [1.54, 1.807) is 0 Å². The van der Waals surface area contributed by atoms with Crippen LogP contribution < -0.4 is 5.32 Å². The van der Waals surface area contributed by atoms with Crippen molar-refractivity contribution >= 4 is 11.6 Å². The second kappa shape index (κ2) is 6.56. The van der Waals surface area contributed by atoms with Crippen LogP contribution in [0.3, 0.4) is 0 Å². The summed E-state index contributed by atoms with van der Waals surface area (Å²) in [6.07, 6.45) is 5.07. The predicted octanol–water partition coefficient (Wildman–Crippen LogP) is 3.27. The van der Waals surface area contributed by atoms with Crippen molar-refractivity contribution in [2.24, 2.45) is 0 Å². The smallest absolute Gasteiger partial charge is 0.257 e. The Kier molecular flexibility index (Phi) is 4.37. The van der Waals surface area contributed by atoms with Gasteiger partial charge in [0.2, 0.25) is 0 Å². The van der Waals surface area contributed by atoms with E-state index in [-0.39, 0.29) is 5.91 Å². The average Bonchev–Trinajstić information content (AvgIpc) is 3.30. The predicted molar refractivity (Wildman–Crippen MR) is 102 cm³/mol. The molecule has 2 aliphatic rings. The highest BCUT2D eigenvalue weighted by atomic mass is 16.3. The molecular formula is C21H27N3O2. The maximum Gasteiger partial charge on any atom is 0.257 e. The van der Waals surface area contributed by atoms with Crippen molar-refractivity contribution in [1.29, 1.82) is 0 Å². The Bertz CT molecular complexity index is 815. The van der Waals surface area contributed by atoms with E-state index in [0.717, 1.165) is 36.5 Å². The number of β-amino-alcohol motifs (C(OH)–C–C–N with tert-alkyl or cyclic N) is 1. The number of rotatable bonds is 5. The SMILES string of the molecule is CC(C)(O)CN1CCc2c(cccc2NC(=O)c2cc[nH]c2C2CC2)C1. The first kappa shape index (κ1) is 17.3. The fourth-order valence-corrected chi connectivity index (χ4v) is 3.95. The number of carbonyl (C=O) groups excluding carboxylic acids is 1. The Morgan fingerprint density at radius 3 is 2.88 bits per heavy atom. The summed E-state index contributed by atoms with van der Waals surface area (Å²) < 4.78 is 0. The topological polar surface area (TPSA) is 68.4 Å². The van der Waals surface area contributed by atoms with Crippen molar-refractivity contribution in [1.82, 2.24) is 9.88 Å². The zero-order chi connectivity index (χ0) is 18.3. The summed E-state index contributed by atoms with van der Waals surface area (Å²) in [5, 5.41) is 13.2. The molecule has 1 aromatic carbocycles. The number of fused-ring (bicyclic) bond motifs is 1. The standard InChI is InChI=1S/C21H27N3O2/c1-21(2,26)13-24-11-9-16-15(12-24)4-3-5-18(16)23-20(25)17-8-10-22-19(17)14-6-7-14/h3-5,8,10,14,22,26H,6-7,9,11-13H2,1-2H3,(H,23,25). The van der Waals surface area contributed by atoms with Crippen LogP contribution in [-0.4, -0.2) is 39.6 Å². The number of anilines is 1. The molecule has 0 spiro atoms. The Labute approximate surface area is 154 Å². The van der Waals surface area contributed by atoms with Crippen molar-refractivity contribution < 1.29 is 9.90 Å². The molecular weight excluding hydrogens is 326 g/mol. The van der Waals surface area contributed by atoms with Crippen molar-refractivity contribution in [3.8, 4) is 0 Å². The molecule has 0 unspecified atom stereocenters. The number of H-pyrrole nitrogens is 1. The second-order valence-corrected chi connectivity index (χ2v) is 8.25. The summed E-state index contributed by atoms with van der Waals surface area (Å²) in [6.45, 7) is 6.03. The molecule has 138 valence electrons. The van der Waals surface area contributed by atoms with Crippen molar-refractivity contribution in [3.63, 3.8) is 0 Å². The summed E-state index contributed by atoms with van der Waals surface area (Å²) in [6, 6.07) is 7.99. The molecule has 26 heavy (non-hydrogen) atoms. The third-order valence-electron chi connectivity index (χ3n) is 5.21. The lowest BCUT2D eigenvalue weighted by Crippen LogP contribution is -2.41. The number of hydrogen-bond acceptors (Lipinski definition) is 3. The molecule has 0 atom stereocenters. The molecule has 0 saturated heterocycles. The van der Waals surface area contributed by atoms with Gasteiger partial charge in [0.25, 0.3) is 5.91 Å². The second-order valence-electron chi connectivity index (χ2n) is 8.25. The van der Waals surface area contributed by atoms with Gasteiger partial charge in [-0.2, -0.15) is 0 Å². The first-order valence-electron chi connectivity index (χ1n) is 9.45. The van der Waals surface area contributed by atoms with Crippen LogP contribution in [0.5, 0.6) is 0 Å². The highest BCUT2D eigenvalue weighted by molar-refractivity contribution is 6.05. The van der Waals surface area contributed by atoms with Gasteiger partial charge < -0.3 is 15.4 Å². The van der Waals surface area contributed by atoms with Crippen LogP contribution in [0, 0.1) is 0 Å². The fourth-order valence-electron chi connectivity index (χ4n) is 3.95. The number of aliphatic hydroxyl groups is 1. The maximum atomic E-state index is 12.8. The van der Waals surface area contributed by atoms with Crippen LogP contribution in [0.15, 0.2) is 30.5 Å². The molecule has 5 nitrogen and oxygen atoms in total. The van der Waals surface area contributed by atoms with Crippen LogP contribution in [0.25, 0.3) is 0 Å². The maximum absolute atomic E-state index is 12.8. The van der Waals surface area contributed by atoms with Gasteiger partial charge >= 0.3 is 0 Å². The summed E-state index contributed by atoms with van der Waals surface area (Å²) in [7, 11) is 0. The third-order valence-corrected chi connectivity index (χ3v) is 5.21. The van der Waals surface area contributed by atoms with Crippen molar-refractivity contribution in [2.45, 2.75) is 51.2 Å². The lowest BCUT2D eigenvalue weighted by Gasteiger charge is -2.33. The summed E-state index contributed by atoms with van der Waals surface area (Å²) in [5.41, 5.74) is 4.51. The van der Waals surface area contributed by atoms with Gasteiger partial charge in [0.15, 0.2) is 0 Å². The van der Waals surface area contributed by atoms with Gasteiger partial charge in [-0.05, 0) is 62.3 Å². The number of carbonyl (C=O) groups is 1. The van der Waals surface area contributed by atoms with E-state index in [4.69, 9.17) is 0 Å².